The molecule has 17 heavy (non-hydrogen) atoms. The molecule has 0 bridgehead atoms. The van der Waals surface area contributed by atoms with Gasteiger partial charge >= 0.3 is 5.97 Å². The van der Waals surface area contributed by atoms with E-state index in [9.17, 15) is 9.59 Å². The Morgan fingerprint density at radius 3 is 2.53 bits per heavy atom. The van der Waals surface area contributed by atoms with Gasteiger partial charge in [-0.3, -0.25) is 4.79 Å². The molecule has 1 aliphatic heterocycles. The molecule has 1 amide bonds. The number of amides is 1. The third-order valence-electron chi connectivity index (χ3n) is 3.25. The highest BCUT2D eigenvalue weighted by molar-refractivity contribution is 5.88. The Bertz CT molecular complexity index is 291. The fourth-order valence-corrected chi connectivity index (χ4v) is 2.33. The Morgan fingerprint density at radius 1 is 1.41 bits per heavy atom. The van der Waals surface area contributed by atoms with Gasteiger partial charge < -0.3 is 15.0 Å². The van der Waals surface area contributed by atoms with Crippen LogP contribution < -0.4 is 5.32 Å². The van der Waals surface area contributed by atoms with Gasteiger partial charge in [-0.1, -0.05) is 13.8 Å². The zero-order valence-corrected chi connectivity index (χ0v) is 11.0. The summed E-state index contributed by atoms with van der Waals surface area (Å²) in [4.78, 5) is 25.5. The molecule has 2 atom stereocenters. The summed E-state index contributed by atoms with van der Waals surface area (Å²) < 4.78 is 4.74. The van der Waals surface area contributed by atoms with Gasteiger partial charge in [0, 0.05) is 6.54 Å². The molecule has 0 aromatic rings. The van der Waals surface area contributed by atoms with Crippen LogP contribution in [0.1, 0.15) is 26.7 Å². The number of methoxy groups -OCH3 is 1. The maximum absolute atomic E-state index is 12.3. The summed E-state index contributed by atoms with van der Waals surface area (Å²) in [7, 11) is 3.13. The minimum Gasteiger partial charge on any atom is -0.467 e. The number of carbonyl (C=O) groups excluding carboxylic acids is 2. The van der Waals surface area contributed by atoms with Crippen molar-refractivity contribution in [1.29, 1.82) is 0 Å². The van der Waals surface area contributed by atoms with E-state index >= 15 is 0 Å². The van der Waals surface area contributed by atoms with Crippen LogP contribution in [0.5, 0.6) is 0 Å². The van der Waals surface area contributed by atoms with E-state index in [1.807, 2.05) is 13.8 Å². The van der Waals surface area contributed by atoms with E-state index in [4.69, 9.17) is 4.74 Å². The van der Waals surface area contributed by atoms with E-state index < -0.39 is 6.04 Å². The second kappa shape index (κ2) is 6.00. The largest absolute Gasteiger partial charge is 0.467 e. The van der Waals surface area contributed by atoms with Crippen molar-refractivity contribution in [3.8, 4) is 0 Å². The molecule has 1 saturated heterocycles. The highest BCUT2D eigenvalue weighted by Gasteiger charge is 2.37. The van der Waals surface area contributed by atoms with Crippen molar-refractivity contribution in [1.82, 2.24) is 10.2 Å². The first-order valence-corrected chi connectivity index (χ1v) is 6.08. The number of hydrogen-bond donors (Lipinski definition) is 1. The number of esters is 1. The average Bonchev–Trinajstić information content (AvgIpc) is 2.77. The Morgan fingerprint density at radius 2 is 2.06 bits per heavy atom. The smallest absolute Gasteiger partial charge is 0.328 e. The average molecular weight is 242 g/mol. The molecule has 1 fully saturated rings. The number of nitrogens with zero attached hydrogens (tertiary/aromatic N) is 1. The number of nitrogens with one attached hydrogen (secondary N) is 1. The fourth-order valence-electron chi connectivity index (χ4n) is 2.33. The zero-order valence-electron chi connectivity index (χ0n) is 11.0. The Hall–Kier alpha value is -1.10. The molecule has 0 saturated carbocycles. The van der Waals surface area contributed by atoms with Gasteiger partial charge in [-0.25, -0.2) is 4.79 Å². The van der Waals surface area contributed by atoms with E-state index in [0.29, 0.717) is 13.0 Å². The lowest BCUT2D eigenvalue weighted by Gasteiger charge is -2.29. The highest BCUT2D eigenvalue weighted by Crippen LogP contribution is 2.20. The summed E-state index contributed by atoms with van der Waals surface area (Å²) in [5.41, 5.74) is 0. The van der Waals surface area contributed by atoms with Crippen molar-refractivity contribution in [2.24, 2.45) is 5.92 Å². The third-order valence-corrected chi connectivity index (χ3v) is 3.25. The van der Waals surface area contributed by atoms with Crippen LogP contribution in [0.3, 0.4) is 0 Å². The monoisotopic (exact) mass is 242 g/mol. The van der Waals surface area contributed by atoms with Crippen molar-refractivity contribution in [3.05, 3.63) is 0 Å². The minimum atomic E-state index is -0.401. The molecule has 0 unspecified atom stereocenters. The van der Waals surface area contributed by atoms with Gasteiger partial charge in [-0.15, -0.1) is 0 Å². The molecule has 0 radical (unpaired) electrons. The number of likely N-dealkylation sites (N-methyl/N-ethyl adjacent to an activating group) is 1. The minimum absolute atomic E-state index is 0.00426. The molecule has 1 rings (SSSR count). The van der Waals surface area contributed by atoms with Crippen molar-refractivity contribution in [2.45, 2.75) is 38.8 Å². The second-order valence-electron chi connectivity index (χ2n) is 4.72. The fraction of sp³-hybridized carbons (Fsp3) is 0.833. The highest BCUT2D eigenvalue weighted by atomic mass is 16.5. The number of ether oxygens (including phenoxy) is 1. The molecule has 0 aromatic carbocycles. The first-order chi connectivity index (χ1) is 8.02. The van der Waals surface area contributed by atoms with Crippen LogP contribution in [0, 0.1) is 5.92 Å². The van der Waals surface area contributed by atoms with E-state index in [-0.39, 0.29) is 23.8 Å². The number of carbonyl (C=O) groups is 2. The second-order valence-corrected chi connectivity index (χ2v) is 4.72. The van der Waals surface area contributed by atoms with Crippen molar-refractivity contribution >= 4 is 11.9 Å². The molecule has 0 aromatic heterocycles. The molecule has 1 aliphatic rings. The van der Waals surface area contributed by atoms with Gasteiger partial charge in [0.05, 0.1) is 13.2 Å². The number of hydrogen-bond acceptors (Lipinski definition) is 4. The van der Waals surface area contributed by atoms with Gasteiger partial charge in [0.15, 0.2) is 0 Å². The lowest BCUT2D eigenvalue weighted by molar-refractivity contribution is -0.152. The van der Waals surface area contributed by atoms with Crippen LogP contribution in [0.4, 0.5) is 0 Å². The van der Waals surface area contributed by atoms with Gasteiger partial charge in [0.2, 0.25) is 5.91 Å². The maximum atomic E-state index is 12.3. The van der Waals surface area contributed by atoms with Crippen LogP contribution >= 0.6 is 0 Å². The Kier molecular flexibility index (Phi) is 4.93. The first-order valence-electron chi connectivity index (χ1n) is 6.08. The van der Waals surface area contributed by atoms with E-state index in [1.165, 1.54) is 7.11 Å². The van der Waals surface area contributed by atoms with Crippen molar-refractivity contribution in [2.75, 3.05) is 20.7 Å². The van der Waals surface area contributed by atoms with Crippen molar-refractivity contribution < 1.29 is 14.3 Å². The van der Waals surface area contributed by atoms with Crippen LogP contribution in [0.15, 0.2) is 0 Å². The lowest BCUT2D eigenvalue weighted by atomic mass is 10.0. The standard InChI is InChI=1S/C12H22N2O3/c1-8(2)10(13-3)11(15)14-7-5-6-9(14)12(16)17-4/h8-10,13H,5-7H2,1-4H3/t9-,10-/m0/s1. The normalized spacial score (nSPS) is 21.7. The lowest BCUT2D eigenvalue weighted by Crippen LogP contribution is -2.51. The molecule has 5 nitrogen and oxygen atoms in total. The topological polar surface area (TPSA) is 58.6 Å². The number of rotatable bonds is 4. The summed E-state index contributed by atoms with van der Waals surface area (Å²) >= 11 is 0. The van der Waals surface area contributed by atoms with Crippen LogP contribution in [-0.4, -0.2) is 49.6 Å². The summed E-state index contributed by atoms with van der Waals surface area (Å²) in [6.45, 7) is 4.62. The van der Waals surface area contributed by atoms with Gasteiger partial charge in [-0.05, 0) is 25.8 Å². The van der Waals surface area contributed by atoms with Gasteiger partial charge in [0.1, 0.15) is 6.04 Å². The molecule has 98 valence electrons. The summed E-state index contributed by atoms with van der Waals surface area (Å²) in [6.07, 6.45) is 1.56. The van der Waals surface area contributed by atoms with E-state index in [1.54, 1.807) is 11.9 Å². The van der Waals surface area contributed by atoms with Gasteiger partial charge in [0.25, 0.3) is 0 Å². The summed E-state index contributed by atoms with van der Waals surface area (Å²) in [5, 5.41) is 3.01. The van der Waals surface area contributed by atoms with E-state index in [0.717, 1.165) is 6.42 Å². The molecule has 1 N–H and O–H groups in total. The summed E-state index contributed by atoms with van der Waals surface area (Å²) in [6, 6.07) is -0.637. The predicted octanol–water partition coefficient (Wildman–Crippen LogP) is 0.394. The van der Waals surface area contributed by atoms with Crippen molar-refractivity contribution in [3.63, 3.8) is 0 Å². The Labute approximate surface area is 102 Å². The molecular formula is C12H22N2O3. The van der Waals surface area contributed by atoms with Crippen LogP contribution in [0.25, 0.3) is 0 Å². The van der Waals surface area contributed by atoms with E-state index in [2.05, 4.69) is 5.32 Å². The molecular weight excluding hydrogens is 220 g/mol. The maximum Gasteiger partial charge on any atom is 0.328 e. The summed E-state index contributed by atoms with van der Waals surface area (Å²) in [5.74, 6) is -0.115. The third kappa shape index (κ3) is 2.97. The molecule has 5 heteroatoms. The molecule has 1 heterocycles. The Balaban J connectivity index is 2.76. The van der Waals surface area contributed by atoms with Gasteiger partial charge in [-0.2, -0.15) is 0 Å². The zero-order chi connectivity index (χ0) is 13.0. The van der Waals surface area contributed by atoms with Crippen LogP contribution in [-0.2, 0) is 14.3 Å². The SMILES string of the molecule is CN[C@H](C(=O)N1CCC[C@H]1C(=O)OC)C(C)C. The predicted molar refractivity (Wildman–Crippen MR) is 64.4 cm³/mol. The van der Waals surface area contributed by atoms with Crippen LogP contribution in [0.2, 0.25) is 0 Å². The quantitative estimate of drug-likeness (QED) is 0.725. The number of likely N-dealkylation sites (tertiary alicyclic amines) is 1. The first kappa shape index (κ1) is 14.0. The molecule has 0 spiro atoms. The molecule has 0 aliphatic carbocycles.